The number of amides is 2. The lowest BCUT2D eigenvalue weighted by Gasteiger charge is -2.34. The molecule has 0 spiro atoms. The van der Waals surface area contributed by atoms with Crippen molar-refractivity contribution >= 4 is 11.8 Å². The van der Waals surface area contributed by atoms with Crippen molar-refractivity contribution in [3.63, 3.8) is 0 Å². The molecule has 0 saturated carbocycles. The summed E-state index contributed by atoms with van der Waals surface area (Å²) in [6.07, 6.45) is 1.36. The van der Waals surface area contributed by atoms with Crippen molar-refractivity contribution in [2.45, 2.75) is 6.92 Å². The van der Waals surface area contributed by atoms with Gasteiger partial charge in [-0.3, -0.25) is 9.59 Å². The van der Waals surface area contributed by atoms with Gasteiger partial charge in [0.25, 0.3) is 5.91 Å². The van der Waals surface area contributed by atoms with Crippen molar-refractivity contribution in [3.8, 4) is 0 Å². The summed E-state index contributed by atoms with van der Waals surface area (Å²) in [5, 5.41) is 0. The molecule has 17 heavy (non-hydrogen) atoms. The number of nitrogens with zero attached hydrogens (tertiary/aromatic N) is 2. The van der Waals surface area contributed by atoms with Gasteiger partial charge in [0.05, 0.1) is 0 Å². The van der Waals surface area contributed by atoms with Crippen LogP contribution in [0.4, 0.5) is 0 Å². The first-order chi connectivity index (χ1) is 8.18. The van der Waals surface area contributed by atoms with E-state index in [-0.39, 0.29) is 17.6 Å². The highest BCUT2D eigenvalue weighted by molar-refractivity contribution is 5.91. The van der Waals surface area contributed by atoms with Crippen LogP contribution in [0.25, 0.3) is 0 Å². The quantitative estimate of drug-likeness (QED) is 0.624. The molecule has 0 aromatic rings. The van der Waals surface area contributed by atoms with E-state index in [4.69, 9.17) is 9.47 Å². The Labute approximate surface area is 99.8 Å². The number of piperazine rings is 1. The predicted octanol–water partition coefficient (Wildman–Crippen LogP) is -0.435. The van der Waals surface area contributed by atoms with Crippen molar-refractivity contribution in [1.82, 2.24) is 9.80 Å². The van der Waals surface area contributed by atoms with E-state index in [9.17, 15) is 9.59 Å². The molecular formula is C11H16N2O4. The largest absolute Gasteiger partial charge is 0.494 e. The molecule has 1 saturated heterocycles. The second kappa shape index (κ2) is 5.07. The molecular weight excluding hydrogens is 224 g/mol. The molecule has 2 heterocycles. The lowest BCUT2D eigenvalue weighted by Crippen LogP contribution is -2.50. The zero-order valence-electron chi connectivity index (χ0n) is 9.85. The van der Waals surface area contributed by atoms with Gasteiger partial charge in [-0.25, -0.2) is 0 Å². The van der Waals surface area contributed by atoms with E-state index >= 15 is 0 Å². The molecule has 2 rings (SSSR count). The Balaban J connectivity index is 1.90. The van der Waals surface area contributed by atoms with E-state index in [1.165, 1.54) is 13.2 Å². The van der Waals surface area contributed by atoms with Crippen LogP contribution in [-0.4, -0.2) is 61.0 Å². The average Bonchev–Trinajstić information content (AvgIpc) is 2.39. The van der Waals surface area contributed by atoms with Gasteiger partial charge >= 0.3 is 0 Å². The second-order valence-corrected chi connectivity index (χ2v) is 4.00. The van der Waals surface area contributed by atoms with Crippen molar-refractivity contribution in [1.29, 1.82) is 0 Å². The van der Waals surface area contributed by atoms with E-state index in [2.05, 4.69) is 0 Å². The highest BCUT2D eigenvalue weighted by Gasteiger charge is 2.26. The first kappa shape index (κ1) is 11.8. The van der Waals surface area contributed by atoms with Gasteiger partial charge in [-0.15, -0.1) is 0 Å². The van der Waals surface area contributed by atoms with Crippen LogP contribution in [0.2, 0.25) is 0 Å². The second-order valence-electron chi connectivity index (χ2n) is 4.00. The maximum absolute atomic E-state index is 12.0. The summed E-state index contributed by atoms with van der Waals surface area (Å²) < 4.78 is 10.3. The molecule has 6 nitrogen and oxygen atoms in total. The summed E-state index contributed by atoms with van der Waals surface area (Å²) in [4.78, 5) is 26.5. The fraction of sp³-hybridized carbons (Fsp3) is 0.636. The molecule has 0 atom stereocenters. The predicted molar refractivity (Wildman–Crippen MR) is 58.8 cm³/mol. The summed E-state index contributed by atoms with van der Waals surface area (Å²) >= 11 is 0. The van der Waals surface area contributed by atoms with Crippen LogP contribution in [0.3, 0.4) is 0 Å². The smallest absolute Gasteiger partial charge is 0.292 e. The van der Waals surface area contributed by atoms with Crippen LogP contribution in [0, 0.1) is 0 Å². The van der Waals surface area contributed by atoms with Crippen LogP contribution < -0.4 is 0 Å². The molecule has 0 bridgehead atoms. The van der Waals surface area contributed by atoms with Crippen molar-refractivity contribution < 1.29 is 19.1 Å². The van der Waals surface area contributed by atoms with Crippen LogP contribution in [0.15, 0.2) is 12.0 Å². The topological polar surface area (TPSA) is 59.1 Å². The minimum atomic E-state index is -0.159. The summed E-state index contributed by atoms with van der Waals surface area (Å²) in [6.45, 7) is 4.67. The molecule has 2 aliphatic heterocycles. The Hall–Kier alpha value is -1.72. The zero-order valence-corrected chi connectivity index (χ0v) is 9.85. The molecule has 0 N–H and O–H groups in total. The standard InChI is InChI=1S/C11H16N2O4/c1-9(14)12-2-4-13(5-3-12)11(15)10-8-16-6-7-17-10/h8H,2-7H2,1H3. The van der Waals surface area contributed by atoms with E-state index in [1.807, 2.05) is 0 Å². The first-order valence-corrected chi connectivity index (χ1v) is 5.68. The van der Waals surface area contributed by atoms with Crippen molar-refractivity contribution in [2.24, 2.45) is 0 Å². The van der Waals surface area contributed by atoms with E-state index in [0.29, 0.717) is 39.4 Å². The first-order valence-electron chi connectivity index (χ1n) is 5.68. The highest BCUT2D eigenvalue weighted by atomic mass is 16.6. The number of carbonyl (C=O) groups excluding carboxylic acids is 2. The number of hydrogen-bond acceptors (Lipinski definition) is 4. The number of rotatable bonds is 1. The Morgan fingerprint density at radius 3 is 2.29 bits per heavy atom. The lowest BCUT2D eigenvalue weighted by molar-refractivity contribution is -0.139. The van der Waals surface area contributed by atoms with E-state index in [1.54, 1.807) is 9.80 Å². The average molecular weight is 240 g/mol. The van der Waals surface area contributed by atoms with Crippen molar-refractivity contribution in [2.75, 3.05) is 39.4 Å². The fourth-order valence-corrected chi connectivity index (χ4v) is 1.86. The maximum Gasteiger partial charge on any atom is 0.292 e. The zero-order chi connectivity index (χ0) is 12.3. The van der Waals surface area contributed by atoms with Gasteiger partial charge in [-0.05, 0) is 0 Å². The van der Waals surface area contributed by atoms with Crippen LogP contribution in [0.1, 0.15) is 6.92 Å². The molecule has 0 unspecified atom stereocenters. The van der Waals surface area contributed by atoms with E-state index in [0.717, 1.165) is 0 Å². The SMILES string of the molecule is CC(=O)N1CCN(C(=O)C2=COCCO2)CC1. The number of carbonyl (C=O) groups is 2. The Kier molecular flexibility index (Phi) is 3.51. The molecule has 0 aliphatic carbocycles. The van der Waals surface area contributed by atoms with Gasteiger partial charge in [0.2, 0.25) is 11.7 Å². The molecule has 6 heteroatoms. The van der Waals surface area contributed by atoms with Crippen LogP contribution in [0.5, 0.6) is 0 Å². The molecule has 1 fully saturated rings. The van der Waals surface area contributed by atoms with Crippen LogP contribution in [-0.2, 0) is 19.1 Å². The normalized spacial score (nSPS) is 20.2. The molecule has 0 aromatic heterocycles. The Morgan fingerprint density at radius 1 is 1.12 bits per heavy atom. The van der Waals surface area contributed by atoms with Gasteiger partial charge < -0.3 is 19.3 Å². The molecule has 2 amide bonds. The van der Waals surface area contributed by atoms with Gasteiger partial charge in [0.15, 0.2) is 0 Å². The Morgan fingerprint density at radius 2 is 1.76 bits per heavy atom. The molecule has 2 aliphatic rings. The van der Waals surface area contributed by atoms with Gasteiger partial charge in [0, 0.05) is 33.1 Å². The van der Waals surface area contributed by atoms with Gasteiger partial charge in [-0.1, -0.05) is 0 Å². The number of hydrogen-bond donors (Lipinski definition) is 0. The summed E-state index contributed by atoms with van der Waals surface area (Å²) in [7, 11) is 0. The van der Waals surface area contributed by atoms with Crippen molar-refractivity contribution in [3.05, 3.63) is 12.0 Å². The summed E-state index contributed by atoms with van der Waals surface area (Å²) in [5.41, 5.74) is 0. The van der Waals surface area contributed by atoms with Crippen LogP contribution >= 0.6 is 0 Å². The third-order valence-electron chi connectivity index (χ3n) is 2.87. The molecule has 0 aromatic carbocycles. The third-order valence-corrected chi connectivity index (χ3v) is 2.87. The lowest BCUT2D eigenvalue weighted by atomic mass is 10.3. The minimum absolute atomic E-state index is 0.0496. The third kappa shape index (κ3) is 2.69. The highest BCUT2D eigenvalue weighted by Crippen LogP contribution is 2.11. The van der Waals surface area contributed by atoms with Gasteiger partial charge in [-0.2, -0.15) is 0 Å². The monoisotopic (exact) mass is 240 g/mol. The fourth-order valence-electron chi connectivity index (χ4n) is 1.86. The minimum Gasteiger partial charge on any atom is -0.494 e. The molecule has 94 valence electrons. The Bertz CT molecular complexity index is 345. The van der Waals surface area contributed by atoms with Gasteiger partial charge in [0.1, 0.15) is 19.5 Å². The maximum atomic E-state index is 12.0. The van der Waals surface area contributed by atoms with E-state index < -0.39 is 0 Å². The number of ether oxygens (including phenoxy) is 2. The summed E-state index contributed by atoms with van der Waals surface area (Å²) in [6, 6.07) is 0. The molecule has 0 radical (unpaired) electrons. The summed E-state index contributed by atoms with van der Waals surface area (Å²) in [5.74, 6) is 0.147.